The maximum atomic E-state index is 10.5. The summed E-state index contributed by atoms with van der Waals surface area (Å²) < 4.78 is 11.7. The molecule has 18 heavy (non-hydrogen) atoms. The highest BCUT2D eigenvalue weighted by atomic mass is 79.9. The Balaban J connectivity index is 2.39. The summed E-state index contributed by atoms with van der Waals surface area (Å²) in [6.45, 7) is 0.328. The second-order valence-corrected chi connectivity index (χ2v) is 4.62. The number of halogens is 1. The first-order chi connectivity index (χ1) is 8.60. The van der Waals surface area contributed by atoms with Crippen molar-refractivity contribution in [1.29, 1.82) is 0 Å². The Morgan fingerprint density at radius 3 is 3.00 bits per heavy atom. The molecule has 1 aromatic carbocycles. The molecular formula is C13H11BrO4. The number of carbonyl (C=O) groups is 1. The summed E-state index contributed by atoms with van der Waals surface area (Å²) in [5, 5.41) is 8.58. The van der Waals surface area contributed by atoms with E-state index < -0.39 is 5.97 Å². The SMILES string of the molecule is COc1cc(Br)cc2c1OCC(/C=C/C(=O)O)=C2. The lowest BCUT2D eigenvalue weighted by Crippen LogP contribution is -2.07. The molecule has 0 radical (unpaired) electrons. The molecule has 1 heterocycles. The van der Waals surface area contributed by atoms with Gasteiger partial charge in [-0.3, -0.25) is 0 Å². The third-order valence-electron chi connectivity index (χ3n) is 2.43. The van der Waals surface area contributed by atoms with Crippen molar-refractivity contribution in [2.24, 2.45) is 0 Å². The zero-order chi connectivity index (χ0) is 13.1. The lowest BCUT2D eigenvalue weighted by molar-refractivity contribution is -0.131. The Kier molecular flexibility index (Phi) is 3.72. The molecule has 0 spiro atoms. The van der Waals surface area contributed by atoms with Crippen LogP contribution in [0, 0.1) is 0 Å². The summed E-state index contributed by atoms with van der Waals surface area (Å²) in [6.07, 6.45) is 4.50. The van der Waals surface area contributed by atoms with E-state index in [4.69, 9.17) is 14.6 Å². The third kappa shape index (κ3) is 2.73. The van der Waals surface area contributed by atoms with Gasteiger partial charge in [0.2, 0.25) is 0 Å². The highest BCUT2D eigenvalue weighted by Crippen LogP contribution is 2.38. The second kappa shape index (κ2) is 5.27. The van der Waals surface area contributed by atoms with Gasteiger partial charge in [0.05, 0.1) is 7.11 Å². The Hall–Kier alpha value is -1.75. The van der Waals surface area contributed by atoms with Crippen LogP contribution in [0.3, 0.4) is 0 Å². The fourth-order valence-corrected chi connectivity index (χ4v) is 2.13. The molecule has 1 N–H and O–H groups in total. The number of hydrogen-bond acceptors (Lipinski definition) is 3. The van der Waals surface area contributed by atoms with E-state index in [9.17, 15) is 4.79 Å². The number of rotatable bonds is 3. The van der Waals surface area contributed by atoms with Crippen LogP contribution in [0.5, 0.6) is 11.5 Å². The first-order valence-electron chi connectivity index (χ1n) is 5.22. The van der Waals surface area contributed by atoms with Gasteiger partial charge in [-0.15, -0.1) is 0 Å². The van der Waals surface area contributed by atoms with Gasteiger partial charge in [-0.05, 0) is 29.9 Å². The molecule has 0 bridgehead atoms. The summed E-state index contributed by atoms with van der Waals surface area (Å²) >= 11 is 3.39. The molecule has 0 unspecified atom stereocenters. The van der Waals surface area contributed by atoms with E-state index >= 15 is 0 Å². The zero-order valence-electron chi connectivity index (χ0n) is 9.64. The van der Waals surface area contributed by atoms with E-state index in [2.05, 4.69) is 15.9 Å². The number of fused-ring (bicyclic) bond motifs is 1. The molecule has 94 valence electrons. The van der Waals surface area contributed by atoms with E-state index in [1.165, 1.54) is 6.08 Å². The molecule has 0 saturated heterocycles. The zero-order valence-corrected chi connectivity index (χ0v) is 11.2. The molecule has 1 aliphatic rings. The van der Waals surface area contributed by atoms with Crippen LogP contribution in [-0.2, 0) is 4.79 Å². The number of hydrogen-bond donors (Lipinski definition) is 1. The number of carboxylic acid groups (broad SMARTS) is 1. The number of ether oxygens (including phenoxy) is 2. The molecule has 0 atom stereocenters. The van der Waals surface area contributed by atoms with Gasteiger partial charge >= 0.3 is 5.97 Å². The van der Waals surface area contributed by atoms with Gasteiger partial charge in [0.1, 0.15) is 6.61 Å². The molecule has 0 amide bonds. The molecule has 2 rings (SSSR count). The van der Waals surface area contributed by atoms with E-state index in [0.29, 0.717) is 18.1 Å². The van der Waals surface area contributed by atoms with Crippen LogP contribution in [0.25, 0.3) is 6.08 Å². The van der Waals surface area contributed by atoms with Crippen molar-refractivity contribution in [1.82, 2.24) is 0 Å². The predicted molar refractivity (Wildman–Crippen MR) is 70.9 cm³/mol. The van der Waals surface area contributed by atoms with Gasteiger partial charge in [0.15, 0.2) is 11.5 Å². The fourth-order valence-electron chi connectivity index (χ4n) is 1.67. The number of methoxy groups -OCH3 is 1. The molecule has 4 nitrogen and oxygen atoms in total. The standard InChI is InChI=1S/C13H11BrO4/c1-17-11-6-10(14)5-9-4-8(2-3-12(15)16)7-18-13(9)11/h2-6H,7H2,1H3,(H,15,16)/b3-2+. The van der Waals surface area contributed by atoms with Crippen LogP contribution in [0.15, 0.2) is 34.3 Å². The van der Waals surface area contributed by atoms with Crippen molar-refractivity contribution in [2.45, 2.75) is 0 Å². The highest BCUT2D eigenvalue weighted by Gasteiger charge is 2.16. The van der Waals surface area contributed by atoms with Crippen LogP contribution in [0.2, 0.25) is 0 Å². The first-order valence-corrected chi connectivity index (χ1v) is 6.01. The average Bonchev–Trinajstić information content (AvgIpc) is 2.34. The summed E-state index contributed by atoms with van der Waals surface area (Å²) in [5.74, 6) is 0.346. The molecule has 0 saturated carbocycles. The fraction of sp³-hybridized carbons (Fsp3) is 0.154. The van der Waals surface area contributed by atoms with Crippen LogP contribution >= 0.6 is 15.9 Å². The van der Waals surface area contributed by atoms with Crippen molar-refractivity contribution < 1.29 is 19.4 Å². The number of benzene rings is 1. The molecule has 0 aliphatic carbocycles. The molecule has 1 aromatic rings. The average molecular weight is 311 g/mol. The maximum absolute atomic E-state index is 10.5. The quantitative estimate of drug-likeness (QED) is 0.872. The Bertz CT molecular complexity index is 546. The minimum Gasteiger partial charge on any atom is -0.493 e. The highest BCUT2D eigenvalue weighted by molar-refractivity contribution is 9.10. The van der Waals surface area contributed by atoms with Crippen LogP contribution in [-0.4, -0.2) is 24.8 Å². The second-order valence-electron chi connectivity index (χ2n) is 3.71. The molecule has 1 aliphatic heterocycles. The van der Waals surface area contributed by atoms with Crippen molar-refractivity contribution in [3.63, 3.8) is 0 Å². The summed E-state index contributed by atoms with van der Waals surface area (Å²) in [6, 6.07) is 3.72. The number of carboxylic acids is 1. The normalized spacial score (nSPS) is 13.8. The van der Waals surface area contributed by atoms with Gasteiger partial charge in [-0.1, -0.05) is 15.9 Å². The van der Waals surface area contributed by atoms with Crippen molar-refractivity contribution in [2.75, 3.05) is 13.7 Å². The first kappa shape index (κ1) is 12.7. The van der Waals surface area contributed by atoms with Crippen molar-refractivity contribution in [3.05, 3.63) is 39.9 Å². The van der Waals surface area contributed by atoms with Gasteiger partial charge in [-0.2, -0.15) is 0 Å². The van der Waals surface area contributed by atoms with Crippen molar-refractivity contribution >= 4 is 28.0 Å². The van der Waals surface area contributed by atoms with E-state index in [1.54, 1.807) is 7.11 Å². The van der Waals surface area contributed by atoms with Crippen LogP contribution in [0.4, 0.5) is 0 Å². The Morgan fingerprint density at radius 2 is 2.33 bits per heavy atom. The minimum absolute atomic E-state index is 0.328. The molecule has 0 aromatic heterocycles. The molecular weight excluding hydrogens is 300 g/mol. The van der Waals surface area contributed by atoms with Gasteiger partial charge in [0.25, 0.3) is 0 Å². The summed E-state index contributed by atoms with van der Waals surface area (Å²) in [5.41, 5.74) is 1.66. The van der Waals surface area contributed by atoms with Gasteiger partial charge in [-0.25, -0.2) is 4.79 Å². The van der Waals surface area contributed by atoms with Gasteiger partial charge in [0, 0.05) is 16.1 Å². The lowest BCUT2D eigenvalue weighted by Gasteiger charge is -2.19. The van der Waals surface area contributed by atoms with Crippen LogP contribution in [0.1, 0.15) is 5.56 Å². The largest absolute Gasteiger partial charge is 0.493 e. The topological polar surface area (TPSA) is 55.8 Å². The maximum Gasteiger partial charge on any atom is 0.328 e. The predicted octanol–water partition coefficient (Wildman–Crippen LogP) is 2.87. The Morgan fingerprint density at radius 1 is 1.56 bits per heavy atom. The van der Waals surface area contributed by atoms with Crippen molar-refractivity contribution in [3.8, 4) is 11.5 Å². The minimum atomic E-state index is -0.978. The Labute approximate surface area is 113 Å². The lowest BCUT2D eigenvalue weighted by atomic mass is 10.1. The molecule has 5 heteroatoms. The monoisotopic (exact) mass is 310 g/mol. The van der Waals surface area contributed by atoms with Crippen LogP contribution < -0.4 is 9.47 Å². The smallest absolute Gasteiger partial charge is 0.328 e. The van der Waals surface area contributed by atoms with E-state index in [0.717, 1.165) is 21.7 Å². The van der Waals surface area contributed by atoms with Gasteiger partial charge < -0.3 is 14.6 Å². The van der Waals surface area contributed by atoms with E-state index in [1.807, 2.05) is 18.2 Å². The van der Waals surface area contributed by atoms with E-state index in [-0.39, 0.29) is 0 Å². The summed E-state index contributed by atoms with van der Waals surface area (Å²) in [7, 11) is 1.58. The molecule has 0 fully saturated rings. The third-order valence-corrected chi connectivity index (χ3v) is 2.89. The number of aliphatic carboxylic acids is 1. The summed E-state index contributed by atoms with van der Waals surface area (Å²) in [4.78, 5) is 10.5.